The van der Waals surface area contributed by atoms with Gasteiger partial charge in [0.2, 0.25) is 0 Å². The number of ether oxygens (including phenoxy) is 2. The van der Waals surface area contributed by atoms with E-state index in [1.54, 1.807) is 30.3 Å². The molecule has 8 atom stereocenters. The quantitative estimate of drug-likeness (QED) is 0.608. The zero-order valence-electron chi connectivity index (χ0n) is 19.4. The number of fused-ring (bicyclic) bond motifs is 5. The van der Waals surface area contributed by atoms with Gasteiger partial charge in [-0.15, -0.1) is 0 Å². The highest BCUT2D eigenvalue weighted by atomic mass is 32.2. The summed E-state index contributed by atoms with van der Waals surface area (Å²) in [4.78, 5) is 12.2. The number of benzene rings is 1. The van der Waals surface area contributed by atoms with Crippen molar-refractivity contribution in [1.82, 2.24) is 0 Å². The molecule has 0 bridgehead atoms. The maximum absolute atomic E-state index is 11.9. The van der Waals surface area contributed by atoms with Gasteiger partial charge in [-0.3, -0.25) is 0 Å². The average Bonchev–Trinajstić information content (AvgIpc) is 3.05. The van der Waals surface area contributed by atoms with Crippen molar-refractivity contribution in [2.24, 2.45) is 34.5 Å². The van der Waals surface area contributed by atoms with E-state index in [1.165, 1.54) is 12.7 Å². The summed E-state index contributed by atoms with van der Waals surface area (Å²) in [6.07, 6.45) is 10.5. The van der Waals surface area contributed by atoms with Crippen molar-refractivity contribution in [3.05, 3.63) is 36.4 Å². The lowest BCUT2D eigenvalue weighted by molar-refractivity contribution is -0.173. The van der Waals surface area contributed by atoms with E-state index in [0.29, 0.717) is 28.6 Å². The summed E-state index contributed by atoms with van der Waals surface area (Å²) >= 11 is 0. The SMILES string of the molecule is CC1CC2OC(=O)C=C[C@]2(C)[C@@H]2CC[C@]3(C)CC(Oc4ccc(S(C)(=O)=O)cc4)C[C@H]3[C@H]12. The maximum Gasteiger partial charge on any atom is 0.330 e. The van der Waals surface area contributed by atoms with Crippen molar-refractivity contribution in [3.8, 4) is 5.75 Å². The first-order valence-corrected chi connectivity index (χ1v) is 13.8. The van der Waals surface area contributed by atoms with E-state index < -0.39 is 9.84 Å². The molecule has 3 unspecified atom stereocenters. The predicted molar refractivity (Wildman–Crippen MR) is 122 cm³/mol. The molecule has 0 aromatic heterocycles. The smallest absolute Gasteiger partial charge is 0.330 e. The first kappa shape index (κ1) is 22.0. The fourth-order valence-electron chi connectivity index (χ4n) is 7.58. The van der Waals surface area contributed by atoms with Crippen LogP contribution in [0.15, 0.2) is 41.3 Å². The number of esters is 1. The number of carbonyl (C=O) groups is 1. The van der Waals surface area contributed by atoms with Crippen molar-refractivity contribution in [2.45, 2.75) is 70.0 Å². The molecule has 1 aromatic carbocycles. The lowest BCUT2D eigenvalue weighted by atomic mass is 9.47. The molecule has 3 fully saturated rings. The normalized spacial score (nSPS) is 43.1. The number of hydrogen-bond acceptors (Lipinski definition) is 5. The molecule has 3 saturated carbocycles. The van der Waals surface area contributed by atoms with Crippen LogP contribution in [0.5, 0.6) is 5.75 Å². The van der Waals surface area contributed by atoms with Crippen molar-refractivity contribution < 1.29 is 22.7 Å². The molecule has 1 heterocycles. The lowest BCUT2D eigenvalue weighted by Gasteiger charge is -2.59. The first-order chi connectivity index (χ1) is 15.0. The Morgan fingerprint density at radius 3 is 2.50 bits per heavy atom. The summed E-state index contributed by atoms with van der Waals surface area (Å²) in [6, 6.07) is 6.82. The van der Waals surface area contributed by atoms with Crippen LogP contribution in [0, 0.1) is 34.5 Å². The Bertz CT molecular complexity index is 1040. The minimum Gasteiger partial charge on any atom is -0.490 e. The minimum atomic E-state index is -3.20. The molecular weight excluding hydrogens is 424 g/mol. The predicted octanol–water partition coefficient (Wildman–Crippen LogP) is 4.81. The first-order valence-electron chi connectivity index (χ1n) is 11.9. The van der Waals surface area contributed by atoms with Gasteiger partial charge in [0.1, 0.15) is 11.9 Å². The van der Waals surface area contributed by atoms with Gasteiger partial charge in [-0.25, -0.2) is 13.2 Å². The Hall–Kier alpha value is -1.82. The molecule has 3 aliphatic carbocycles. The van der Waals surface area contributed by atoms with Crippen molar-refractivity contribution in [2.75, 3.05) is 6.26 Å². The second kappa shape index (κ2) is 7.34. The van der Waals surface area contributed by atoms with Crippen molar-refractivity contribution in [1.29, 1.82) is 0 Å². The Morgan fingerprint density at radius 2 is 1.81 bits per heavy atom. The molecular formula is C26H34O5S. The van der Waals surface area contributed by atoms with E-state index >= 15 is 0 Å². The van der Waals surface area contributed by atoms with Gasteiger partial charge in [0.05, 0.1) is 11.0 Å². The van der Waals surface area contributed by atoms with Crippen molar-refractivity contribution >= 4 is 15.8 Å². The molecule has 6 heteroatoms. The highest BCUT2D eigenvalue weighted by molar-refractivity contribution is 7.90. The van der Waals surface area contributed by atoms with Gasteiger partial charge in [-0.2, -0.15) is 0 Å². The molecule has 0 spiro atoms. The molecule has 32 heavy (non-hydrogen) atoms. The molecule has 1 aliphatic heterocycles. The Balaban J connectivity index is 1.37. The minimum absolute atomic E-state index is 0.0117. The zero-order chi connectivity index (χ0) is 22.9. The van der Waals surface area contributed by atoms with Gasteiger partial charge >= 0.3 is 5.97 Å². The molecule has 174 valence electrons. The number of hydrogen-bond donors (Lipinski definition) is 0. The van der Waals surface area contributed by atoms with Crippen LogP contribution in [0.4, 0.5) is 0 Å². The topological polar surface area (TPSA) is 69.7 Å². The van der Waals surface area contributed by atoms with Gasteiger partial charge in [0.25, 0.3) is 0 Å². The summed E-state index contributed by atoms with van der Waals surface area (Å²) in [7, 11) is -3.20. The number of rotatable bonds is 3. The Labute approximate surface area is 191 Å². The van der Waals surface area contributed by atoms with E-state index in [9.17, 15) is 13.2 Å². The standard InChI is InChI=1S/C26H34O5S/c1-16-13-22-26(3,12-10-23(27)31-22)20-9-11-25(2)15-18(14-21(25)24(16)20)30-17-5-7-19(8-6-17)32(4,28)29/h5-8,10,12,16,18,20-22,24H,9,11,13-15H2,1-4H3/t16?,18?,20-,21+,22?,24-,25-,26-/m1/s1. The van der Waals surface area contributed by atoms with Crippen LogP contribution in [-0.2, 0) is 19.4 Å². The van der Waals surface area contributed by atoms with E-state index in [0.717, 1.165) is 31.4 Å². The third-order valence-electron chi connectivity index (χ3n) is 9.19. The van der Waals surface area contributed by atoms with Crippen LogP contribution in [0.3, 0.4) is 0 Å². The summed E-state index contributed by atoms with van der Waals surface area (Å²) in [6.45, 7) is 7.06. The molecule has 0 radical (unpaired) electrons. The van der Waals surface area contributed by atoms with Gasteiger partial charge in [0, 0.05) is 17.7 Å². The van der Waals surface area contributed by atoms with Crippen LogP contribution < -0.4 is 4.74 Å². The summed E-state index contributed by atoms with van der Waals surface area (Å²) in [5, 5.41) is 0. The highest BCUT2D eigenvalue weighted by Crippen LogP contribution is 2.65. The van der Waals surface area contributed by atoms with E-state index in [4.69, 9.17) is 9.47 Å². The van der Waals surface area contributed by atoms with E-state index in [1.807, 2.05) is 0 Å². The third kappa shape index (κ3) is 3.49. The lowest BCUT2D eigenvalue weighted by Crippen LogP contribution is -2.57. The second-order valence-electron chi connectivity index (χ2n) is 11.2. The van der Waals surface area contributed by atoms with Crippen LogP contribution in [0.1, 0.15) is 52.9 Å². The van der Waals surface area contributed by atoms with Gasteiger partial charge < -0.3 is 9.47 Å². The summed E-state index contributed by atoms with van der Waals surface area (Å²) < 4.78 is 35.6. The zero-order valence-corrected chi connectivity index (χ0v) is 20.2. The largest absolute Gasteiger partial charge is 0.490 e. The maximum atomic E-state index is 11.9. The third-order valence-corrected chi connectivity index (χ3v) is 10.3. The molecule has 1 aromatic rings. The van der Waals surface area contributed by atoms with Crippen LogP contribution in [-0.4, -0.2) is 32.9 Å². The van der Waals surface area contributed by atoms with Crippen molar-refractivity contribution in [3.63, 3.8) is 0 Å². The number of carbonyl (C=O) groups excluding carboxylic acids is 1. The fraction of sp³-hybridized carbons (Fsp3) is 0.654. The van der Waals surface area contributed by atoms with Gasteiger partial charge in [0.15, 0.2) is 9.84 Å². The van der Waals surface area contributed by atoms with Gasteiger partial charge in [-0.05, 0) is 85.5 Å². The second-order valence-corrected chi connectivity index (χ2v) is 13.3. The molecule has 5 rings (SSSR count). The number of sulfone groups is 1. The molecule has 0 amide bonds. The Kier molecular flexibility index (Phi) is 5.05. The van der Waals surface area contributed by atoms with Gasteiger partial charge in [-0.1, -0.05) is 26.8 Å². The van der Waals surface area contributed by atoms with Crippen LogP contribution in [0.2, 0.25) is 0 Å². The summed E-state index contributed by atoms with van der Waals surface area (Å²) in [5.41, 5.74) is 0.178. The van der Waals surface area contributed by atoms with E-state index in [-0.39, 0.29) is 29.0 Å². The Morgan fingerprint density at radius 1 is 1.09 bits per heavy atom. The van der Waals surface area contributed by atoms with E-state index in [2.05, 4.69) is 26.8 Å². The molecule has 4 aliphatic rings. The van der Waals surface area contributed by atoms with Crippen LogP contribution in [0.25, 0.3) is 0 Å². The highest BCUT2D eigenvalue weighted by Gasteiger charge is 2.61. The summed E-state index contributed by atoms with van der Waals surface area (Å²) in [5.74, 6) is 2.75. The van der Waals surface area contributed by atoms with Crippen LogP contribution >= 0.6 is 0 Å². The molecule has 0 saturated heterocycles. The fourth-order valence-corrected chi connectivity index (χ4v) is 8.21. The molecule has 5 nitrogen and oxygen atoms in total. The molecule has 0 N–H and O–H groups in total. The average molecular weight is 459 g/mol. The monoisotopic (exact) mass is 458 g/mol.